The fraction of sp³-hybridized carbons (Fsp3) is 0.625. The number of phenols is 1. The third-order valence-electron chi connectivity index (χ3n) is 19.7. The van der Waals surface area contributed by atoms with Crippen LogP contribution in [0, 0.1) is 11.8 Å². The molecule has 14 atom stereocenters. The van der Waals surface area contributed by atoms with Gasteiger partial charge in [-0.25, -0.2) is 4.79 Å². The second kappa shape index (κ2) is 47.5. The summed E-state index contributed by atoms with van der Waals surface area (Å²) < 4.78 is 26.0. The number of H-pyrrole nitrogens is 1. The Morgan fingerprint density at radius 1 is 0.681 bits per heavy atom. The molecule has 2 fully saturated rings. The Hall–Kier alpha value is -11.0. The molecule has 2 bridgehead atoms. The third-order valence-corrected chi connectivity index (χ3v) is 21.5. The number of aliphatic carboxylic acids is 1. The molecule has 22 N–H and O–H groups in total. The number of aliphatic hydroxyl groups excluding tert-OH is 3. The molecule has 45 nitrogen and oxygen atoms in total. The van der Waals surface area contributed by atoms with Gasteiger partial charge in [-0.15, -0.1) is 0 Å². The Bertz CT molecular complexity index is 4110. The van der Waals surface area contributed by atoms with Crippen LogP contribution < -0.4 is 80.2 Å². The van der Waals surface area contributed by atoms with Crippen LogP contribution in [-0.4, -0.2) is 314 Å². The Morgan fingerprint density at radius 2 is 1.32 bits per heavy atom. The van der Waals surface area contributed by atoms with E-state index in [0.29, 0.717) is 0 Å². The number of benzene rings is 1. The highest BCUT2D eigenvalue weighted by Crippen LogP contribution is 2.37. The van der Waals surface area contributed by atoms with Crippen LogP contribution in [0.2, 0.25) is 0 Å². The number of fused-ring (bicyclic) bond motifs is 5. The number of imide groups is 1. The number of amides is 18. The number of nitrogens with zero attached hydrogens (tertiary/aromatic N) is 2. The van der Waals surface area contributed by atoms with E-state index in [1.807, 2.05) is 0 Å². The first kappa shape index (κ1) is 96.8. The maximum atomic E-state index is 15.4. The van der Waals surface area contributed by atoms with Crippen LogP contribution in [0.5, 0.6) is 5.75 Å². The summed E-state index contributed by atoms with van der Waals surface area (Å²) in [5, 5.41) is 86.2. The topological polar surface area (TPSA) is 678 Å². The Labute approximate surface area is 689 Å². The van der Waals surface area contributed by atoms with E-state index in [9.17, 15) is 117 Å². The summed E-state index contributed by atoms with van der Waals surface area (Å²) in [6, 6.07) is -11.1. The molecule has 47 heteroatoms. The second-order valence-corrected chi connectivity index (χ2v) is 30.9. The molecule has 0 saturated carbocycles. The van der Waals surface area contributed by atoms with Crippen LogP contribution in [0.3, 0.4) is 0 Å². The number of aromatic hydroxyl groups is 1. The lowest BCUT2D eigenvalue weighted by molar-refractivity contribution is -0.144. The van der Waals surface area contributed by atoms with Crippen molar-refractivity contribution >= 4 is 152 Å². The van der Waals surface area contributed by atoms with Gasteiger partial charge in [0.25, 0.3) is 0 Å². The Morgan fingerprint density at radius 3 is 1.95 bits per heavy atom. The number of aromatic amines is 1. The normalized spacial score (nSPS) is 22.3. The van der Waals surface area contributed by atoms with Gasteiger partial charge in [0.1, 0.15) is 78.0 Å². The van der Waals surface area contributed by atoms with E-state index >= 15 is 4.21 Å². The van der Waals surface area contributed by atoms with E-state index in [1.165, 1.54) is 13.0 Å². The molecule has 18 amide bonds. The van der Waals surface area contributed by atoms with Crippen LogP contribution >= 0.6 is 12.6 Å². The number of thiol groups is 1. The smallest absolute Gasteiger partial charge is 0.326 e. The maximum Gasteiger partial charge on any atom is 0.326 e. The molecule has 1 aromatic carbocycles. The number of likely N-dealkylation sites (tertiary alicyclic amines) is 1. The molecule has 2 saturated heterocycles. The molecule has 0 spiro atoms. The molecule has 4 aliphatic rings. The predicted molar refractivity (Wildman–Crippen MR) is 417 cm³/mol. The first-order chi connectivity index (χ1) is 56.4. The zero-order valence-electron chi connectivity index (χ0n) is 66.0. The number of hydrogen-bond acceptors (Lipinski definition) is 27. The minimum atomic E-state index is -2.70. The summed E-state index contributed by atoms with van der Waals surface area (Å²) in [7, 11) is -2.70. The van der Waals surface area contributed by atoms with Crippen molar-refractivity contribution in [3.8, 4) is 5.75 Å². The average Bonchev–Trinajstić information content (AvgIpc) is 1.61. The van der Waals surface area contributed by atoms with Crippen LogP contribution in [0.1, 0.15) is 117 Å². The molecule has 2 aromatic rings. The summed E-state index contributed by atoms with van der Waals surface area (Å²) in [5.74, 6) is -20.6. The number of carboxylic acid groups (broad SMARTS) is 1. The molecule has 0 radical (unpaired) electrons. The molecule has 658 valence electrons. The van der Waals surface area contributed by atoms with Crippen molar-refractivity contribution in [2.75, 3.05) is 96.5 Å². The molecule has 4 aliphatic heterocycles. The number of carboxylic acids is 1. The van der Waals surface area contributed by atoms with E-state index in [-0.39, 0.29) is 133 Å². The number of nitrogens with two attached hydrogens (primary N) is 1. The van der Waals surface area contributed by atoms with Gasteiger partial charge in [-0.05, 0) is 62.1 Å². The second-order valence-electron chi connectivity index (χ2n) is 28.9. The Kier molecular flexibility index (Phi) is 38.7. The zero-order valence-corrected chi connectivity index (χ0v) is 67.7. The van der Waals surface area contributed by atoms with Gasteiger partial charge < -0.3 is 125 Å². The van der Waals surface area contributed by atoms with Crippen LogP contribution in [-0.2, 0) is 118 Å². The van der Waals surface area contributed by atoms with E-state index in [2.05, 4.69) is 92.0 Å². The molecule has 1 aromatic heterocycles. The molecular weight excluding hydrogens is 1610 g/mol. The highest BCUT2D eigenvalue weighted by Gasteiger charge is 2.46. The van der Waals surface area contributed by atoms with Crippen molar-refractivity contribution in [2.45, 2.75) is 188 Å². The number of nitrogens with one attached hydrogen (secondary N) is 15. The van der Waals surface area contributed by atoms with Crippen LogP contribution in [0.25, 0.3) is 10.9 Å². The largest absolute Gasteiger partial charge is 0.506 e. The van der Waals surface area contributed by atoms with Crippen LogP contribution in [0.15, 0.2) is 17.2 Å². The first-order valence-corrected chi connectivity index (χ1v) is 40.5. The van der Waals surface area contributed by atoms with Crippen LogP contribution in [0.4, 0.5) is 5.69 Å². The highest BCUT2D eigenvalue weighted by atomic mass is 32.2. The summed E-state index contributed by atoms with van der Waals surface area (Å²) in [6.45, 7) is 1.10. The number of aromatic nitrogens is 1. The quantitative estimate of drug-likeness (QED) is 0.0128. The van der Waals surface area contributed by atoms with Crippen molar-refractivity contribution in [1.82, 2.24) is 83.9 Å². The van der Waals surface area contributed by atoms with E-state index in [1.54, 1.807) is 13.8 Å². The molecule has 5 heterocycles. The van der Waals surface area contributed by atoms with Gasteiger partial charge in [0.05, 0.1) is 78.9 Å². The number of unbranched alkanes of at least 4 members (excludes halogenated alkanes) is 1. The summed E-state index contributed by atoms with van der Waals surface area (Å²) in [4.78, 5) is 258. The lowest BCUT2D eigenvalue weighted by Gasteiger charge is -2.32. The van der Waals surface area contributed by atoms with Gasteiger partial charge in [-0.2, -0.15) is 12.6 Å². The van der Waals surface area contributed by atoms with Crippen molar-refractivity contribution in [1.29, 1.82) is 0 Å². The number of aliphatic hydroxyl groups is 3. The SMILES string of the molecule is CCC(C)[C@@H]1NC(=O)CNC(=O)[C@@H]2Cc3c([nH]c4c(NC(=O)CCCNC(=O)[C@H](CCCCNC(=O)COCCNC(=O)COCCNC(=O)CC[C@H](NC(C)=O)C(=O)O)NC(=O)CCCN5C(=O)CC(S)C5=O)c(O)ccc34)S(=O)C[C@H](NC(=O)CNC1=O)C(=O)N[C@@H](CC(N)=O)C(=O)N1C[C@H](O)C[C@H]1C(=O)N[C@@H](C(C)C(O)CO)C(=O)N2. The number of carbonyl (C=O) groups excluding carboxylic acids is 18. The zero-order chi connectivity index (χ0) is 87.9. The molecule has 119 heavy (non-hydrogen) atoms. The lowest BCUT2D eigenvalue weighted by atomic mass is 9.93. The fourth-order valence-corrected chi connectivity index (χ4v) is 14.7. The van der Waals surface area contributed by atoms with Crippen molar-refractivity contribution in [3.63, 3.8) is 0 Å². The third kappa shape index (κ3) is 30.1. The average molecular weight is 1720 g/mol. The minimum Gasteiger partial charge on any atom is -0.506 e. The standard InChI is InChI=1S/C72H106N18O27S2/c1-5-35(2)59-67(109)79-28-54(100)82-45-34-119(115)69-40(25-43(64(106)78-29-55(101)86-59)83-68(110)60(36(3)48(95)31-91)87-66(108)46-24-38(93)30-90(46)70(111)44(26-50(73)96)84-65(45)107)39-13-15-47(94)62(61(39)88-69)85-53(99)11-8-18-77-63(105)41(81-52(98)12-9-21-89-58(104)27-49(118)71(89)112)10-6-7-17-74-56(102)32-117-23-20-76-57(103)33-116-22-19-75-51(97)16-14-42(72(113)114)80-37(4)92/h13,15,35-36,38,41-46,48-49,59-60,88,91,93-95,118H,5-12,14,16-34H2,1-4H3,(H2,73,96)(H,74,102)(H,75,97)(H,76,103)(H,77,105)(H,78,106)(H,79,109)(H,80,92)(H,81,98)(H,82,100)(H,83,110)(H,84,107)(H,85,99)(H,86,101)(H,87,108)(H,113,114)/t35?,36?,38-,41+,42+,43+,44+,45+,46+,48?,49?,59+,60+,119?/m1/s1. The number of anilines is 1. The lowest BCUT2D eigenvalue weighted by Crippen LogP contribution is -2.62. The molecule has 6 rings (SSSR count). The van der Waals surface area contributed by atoms with E-state index in [4.69, 9.17) is 15.2 Å². The van der Waals surface area contributed by atoms with Crippen molar-refractivity contribution < 1.29 is 130 Å². The van der Waals surface area contributed by atoms with Gasteiger partial charge >= 0.3 is 5.97 Å². The Balaban J connectivity index is 1.19. The number of primary amides is 1. The van der Waals surface area contributed by atoms with Gasteiger partial charge in [-0.3, -0.25) is 95.4 Å². The molecule has 0 aliphatic carbocycles. The number of rotatable bonds is 38. The molecule has 5 unspecified atom stereocenters. The van der Waals surface area contributed by atoms with Gasteiger partial charge in [0, 0.05) is 96.0 Å². The van der Waals surface area contributed by atoms with Crippen molar-refractivity contribution in [3.05, 3.63) is 17.7 Å². The van der Waals surface area contributed by atoms with Gasteiger partial charge in [0.2, 0.25) is 106 Å². The number of phenolic OH excluding ortho intramolecular Hbond substituents is 1. The maximum absolute atomic E-state index is 15.4. The predicted octanol–water partition coefficient (Wildman–Crippen LogP) is -8.84. The molecular formula is C72H106N18O27S2. The fourth-order valence-electron chi connectivity index (χ4n) is 13.0. The van der Waals surface area contributed by atoms with Gasteiger partial charge in [0.15, 0.2) is 0 Å². The monoisotopic (exact) mass is 1720 g/mol. The van der Waals surface area contributed by atoms with E-state index in [0.717, 1.165) is 22.8 Å². The van der Waals surface area contributed by atoms with Gasteiger partial charge in [-0.1, -0.05) is 27.2 Å². The summed E-state index contributed by atoms with van der Waals surface area (Å²) >= 11 is 4.12. The number of carbonyl (C=O) groups is 19. The number of hydrogen-bond donors (Lipinski definition) is 22. The summed E-state index contributed by atoms with van der Waals surface area (Å²) in [6.07, 6.45) is -5.91. The number of ether oxygens (including phenoxy) is 2. The van der Waals surface area contributed by atoms with E-state index < -0.39 is 281 Å². The first-order valence-electron chi connectivity index (χ1n) is 38.6. The summed E-state index contributed by atoms with van der Waals surface area (Å²) in [5.41, 5.74) is 4.77. The van der Waals surface area contributed by atoms with Crippen molar-refractivity contribution in [2.24, 2.45) is 17.6 Å². The minimum absolute atomic E-state index is 0.00394. The highest BCUT2D eigenvalue weighted by molar-refractivity contribution is 7.85.